The molecule has 0 heterocycles. The molecule has 0 aliphatic carbocycles. The molecule has 1 aromatic carbocycles. The van der Waals surface area contributed by atoms with E-state index in [9.17, 15) is 9.59 Å². The number of unbranched alkanes of at least 4 members (excludes halogenated alkanes) is 10. The molecule has 4 nitrogen and oxygen atoms in total. The Kier molecular flexibility index (Phi) is 15.2. The van der Waals surface area contributed by atoms with E-state index in [1.807, 2.05) is 6.92 Å². The van der Waals surface area contributed by atoms with Crippen molar-refractivity contribution in [3.8, 4) is 5.75 Å². The fraction of sp³-hybridized carbons (Fsp3) is 0.680. The molecule has 0 N–H and O–H groups in total. The van der Waals surface area contributed by atoms with E-state index in [-0.39, 0.29) is 11.9 Å². The minimum Gasteiger partial charge on any atom is -0.466 e. The molecule has 0 aliphatic heterocycles. The molecule has 0 fully saturated rings. The molecule has 1 rings (SSSR count). The van der Waals surface area contributed by atoms with Gasteiger partial charge in [0.25, 0.3) is 0 Å². The van der Waals surface area contributed by atoms with Crippen LogP contribution in [0.3, 0.4) is 0 Å². The predicted molar refractivity (Wildman–Crippen MR) is 123 cm³/mol. The summed E-state index contributed by atoms with van der Waals surface area (Å²) in [5.41, 5.74) is 0.897. The Hall–Kier alpha value is -1.55. The molecular formula is C25H39ClO4. The molecule has 0 spiro atoms. The summed E-state index contributed by atoms with van der Waals surface area (Å²) in [4.78, 5) is 23.6. The highest BCUT2D eigenvalue weighted by molar-refractivity contribution is 6.31. The Bertz CT molecular complexity index is 615. The third kappa shape index (κ3) is 13.6. The van der Waals surface area contributed by atoms with E-state index in [2.05, 4.69) is 6.92 Å². The van der Waals surface area contributed by atoms with Crippen molar-refractivity contribution >= 4 is 23.5 Å². The lowest BCUT2D eigenvalue weighted by Crippen LogP contribution is -2.07. The van der Waals surface area contributed by atoms with Crippen molar-refractivity contribution in [2.45, 2.75) is 104 Å². The number of halogens is 1. The molecule has 0 saturated carbocycles. The van der Waals surface area contributed by atoms with E-state index in [4.69, 9.17) is 21.1 Å². The predicted octanol–water partition coefficient (Wildman–Crippen LogP) is 7.58. The van der Waals surface area contributed by atoms with E-state index in [0.29, 0.717) is 30.2 Å². The van der Waals surface area contributed by atoms with Gasteiger partial charge in [0.2, 0.25) is 0 Å². The highest BCUT2D eigenvalue weighted by atomic mass is 35.5. The van der Waals surface area contributed by atoms with Gasteiger partial charge in [0, 0.05) is 17.9 Å². The lowest BCUT2D eigenvalue weighted by molar-refractivity contribution is -0.144. The fourth-order valence-electron chi connectivity index (χ4n) is 3.25. The van der Waals surface area contributed by atoms with Gasteiger partial charge in [-0.25, -0.2) is 0 Å². The largest absolute Gasteiger partial charge is 0.466 e. The van der Waals surface area contributed by atoms with Gasteiger partial charge in [-0.2, -0.15) is 0 Å². The molecule has 0 aliphatic rings. The molecule has 5 heteroatoms. The summed E-state index contributed by atoms with van der Waals surface area (Å²) in [6.07, 6.45) is 14.0. The number of benzene rings is 1. The minimum absolute atomic E-state index is 0.0660. The molecule has 0 aromatic heterocycles. The van der Waals surface area contributed by atoms with Crippen LogP contribution in [0.1, 0.15) is 102 Å². The summed E-state index contributed by atoms with van der Waals surface area (Å²) in [5, 5.41) is 0.667. The highest BCUT2D eigenvalue weighted by Crippen LogP contribution is 2.21. The molecule has 170 valence electrons. The summed E-state index contributed by atoms with van der Waals surface area (Å²) >= 11 is 5.97. The van der Waals surface area contributed by atoms with Crippen LogP contribution < -0.4 is 4.74 Å². The number of esters is 2. The van der Waals surface area contributed by atoms with Crippen LogP contribution in [-0.4, -0.2) is 18.5 Å². The Balaban J connectivity index is 1.91. The van der Waals surface area contributed by atoms with Crippen molar-refractivity contribution in [2.24, 2.45) is 0 Å². The summed E-state index contributed by atoms with van der Waals surface area (Å²) in [5.74, 6) is 0.277. The summed E-state index contributed by atoms with van der Waals surface area (Å²) in [7, 11) is 0. The summed E-state index contributed by atoms with van der Waals surface area (Å²) in [6, 6.07) is 5.23. The minimum atomic E-state index is -0.204. The summed E-state index contributed by atoms with van der Waals surface area (Å²) in [6.45, 7) is 4.66. The number of hydrogen-bond donors (Lipinski definition) is 0. The molecule has 0 radical (unpaired) electrons. The molecule has 0 atom stereocenters. The first-order valence-corrected chi connectivity index (χ1v) is 12.0. The number of rotatable bonds is 17. The van der Waals surface area contributed by atoms with Gasteiger partial charge in [-0.3, -0.25) is 9.59 Å². The zero-order valence-electron chi connectivity index (χ0n) is 18.8. The zero-order valence-corrected chi connectivity index (χ0v) is 19.6. The first-order chi connectivity index (χ1) is 14.5. The number of carbonyl (C=O) groups is 2. The second kappa shape index (κ2) is 17.2. The second-order valence-electron chi connectivity index (χ2n) is 7.99. The van der Waals surface area contributed by atoms with Gasteiger partial charge < -0.3 is 9.47 Å². The van der Waals surface area contributed by atoms with Gasteiger partial charge in [0.15, 0.2) is 0 Å². The van der Waals surface area contributed by atoms with Crippen LogP contribution in [0, 0.1) is 6.92 Å². The van der Waals surface area contributed by atoms with Crippen LogP contribution in [0.25, 0.3) is 0 Å². The summed E-state index contributed by atoms with van der Waals surface area (Å²) < 4.78 is 10.6. The van der Waals surface area contributed by atoms with Crippen LogP contribution in [0.4, 0.5) is 0 Å². The van der Waals surface area contributed by atoms with Crippen molar-refractivity contribution in [2.75, 3.05) is 6.61 Å². The topological polar surface area (TPSA) is 52.6 Å². The van der Waals surface area contributed by atoms with E-state index in [1.165, 1.54) is 25.7 Å². The van der Waals surface area contributed by atoms with E-state index >= 15 is 0 Å². The Morgan fingerprint density at radius 1 is 0.800 bits per heavy atom. The van der Waals surface area contributed by atoms with Crippen LogP contribution in [0.15, 0.2) is 18.2 Å². The van der Waals surface area contributed by atoms with Crippen molar-refractivity contribution in [1.29, 1.82) is 0 Å². The van der Waals surface area contributed by atoms with Gasteiger partial charge in [-0.1, -0.05) is 76.3 Å². The number of ether oxygens (including phenoxy) is 2. The van der Waals surface area contributed by atoms with Crippen LogP contribution in [-0.2, 0) is 14.3 Å². The lowest BCUT2D eigenvalue weighted by Gasteiger charge is -2.06. The molecule has 0 unspecified atom stereocenters. The van der Waals surface area contributed by atoms with Crippen molar-refractivity contribution in [1.82, 2.24) is 0 Å². The van der Waals surface area contributed by atoms with Crippen molar-refractivity contribution in [3.05, 3.63) is 28.8 Å². The lowest BCUT2D eigenvalue weighted by atomic mass is 10.1. The maximum absolute atomic E-state index is 11.9. The number of hydrogen-bond acceptors (Lipinski definition) is 4. The van der Waals surface area contributed by atoms with Crippen molar-refractivity contribution < 1.29 is 19.1 Å². The third-order valence-corrected chi connectivity index (χ3v) is 5.56. The fourth-order valence-corrected chi connectivity index (χ4v) is 3.37. The maximum atomic E-state index is 11.9. The van der Waals surface area contributed by atoms with Gasteiger partial charge in [-0.05, 0) is 49.9 Å². The molecule has 0 bridgehead atoms. The first kappa shape index (κ1) is 26.5. The van der Waals surface area contributed by atoms with Crippen LogP contribution >= 0.6 is 11.6 Å². The maximum Gasteiger partial charge on any atom is 0.311 e. The normalized spacial score (nSPS) is 10.8. The van der Waals surface area contributed by atoms with Crippen LogP contribution in [0.5, 0.6) is 5.75 Å². The monoisotopic (exact) mass is 438 g/mol. The quantitative estimate of drug-likeness (QED) is 0.143. The van der Waals surface area contributed by atoms with Gasteiger partial charge in [0.05, 0.1) is 6.61 Å². The SMILES string of the molecule is CCCCCCCCOC(=O)CCCCCCCCC(=O)Oc1ccc(Cl)c(C)c1. The van der Waals surface area contributed by atoms with Crippen LogP contribution in [0.2, 0.25) is 5.02 Å². The number of aryl methyl sites for hydroxylation is 1. The van der Waals surface area contributed by atoms with E-state index in [0.717, 1.165) is 56.9 Å². The third-order valence-electron chi connectivity index (χ3n) is 5.13. The molecule has 0 amide bonds. The first-order valence-electron chi connectivity index (χ1n) is 11.7. The Labute approximate surface area is 187 Å². The number of carbonyl (C=O) groups excluding carboxylic acids is 2. The average Bonchev–Trinajstić information content (AvgIpc) is 2.72. The van der Waals surface area contributed by atoms with E-state index < -0.39 is 0 Å². The molecular weight excluding hydrogens is 400 g/mol. The van der Waals surface area contributed by atoms with Gasteiger partial charge in [0.1, 0.15) is 5.75 Å². The smallest absolute Gasteiger partial charge is 0.311 e. The van der Waals surface area contributed by atoms with Crippen molar-refractivity contribution in [3.63, 3.8) is 0 Å². The zero-order chi connectivity index (χ0) is 22.0. The highest BCUT2D eigenvalue weighted by Gasteiger charge is 2.06. The Morgan fingerprint density at radius 3 is 2.00 bits per heavy atom. The molecule has 30 heavy (non-hydrogen) atoms. The van der Waals surface area contributed by atoms with Gasteiger partial charge in [-0.15, -0.1) is 0 Å². The average molecular weight is 439 g/mol. The second-order valence-corrected chi connectivity index (χ2v) is 8.40. The molecule has 0 saturated heterocycles. The van der Waals surface area contributed by atoms with Gasteiger partial charge >= 0.3 is 11.9 Å². The standard InChI is InChI=1S/C25H39ClO4/c1-3-4-5-6-11-14-19-29-24(27)15-12-9-7-8-10-13-16-25(28)30-22-17-18-23(26)21(2)20-22/h17-18,20H,3-16,19H2,1-2H3. The van der Waals surface area contributed by atoms with E-state index in [1.54, 1.807) is 18.2 Å². The Morgan fingerprint density at radius 2 is 1.37 bits per heavy atom. The molecule has 1 aromatic rings.